The summed E-state index contributed by atoms with van der Waals surface area (Å²) in [5.41, 5.74) is 1.07. The molecule has 0 aliphatic carbocycles. The third-order valence-corrected chi connectivity index (χ3v) is 3.35. The molecule has 0 fully saturated rings. The Morgan fingerprint density at radius 2 is 1.78 bits per heavy atom. The van der Waals surface area contributed by atoms with Crippen molar-refractivity contribution >= 4 is 11.6 Å². The Labute approximate surface area is 136 Å². The molecule has 2 nitrogen and oxygen atoms in total. The molecule has 0 aromatic heterocycles. The second-order valence-corrected chi connectivity index (χ2v) is 5.26. The van der Waals surface area contributed by atoms with E-state index in [9.17, 15) is 17.6 Å². The molecule has 0 amide bonds. The van der Waals surface area contributed by atoms with Crippen molar-refractivity contribution in [3.63, 3.8) is 0 Å². The lowest BCUT2D eigenvalue weighted by Gasteiger charge is -2.11. The van der Waals surface area contributed by atoms with Crippen LogP contribution in [-0.2, 0) is 13.1 Å². The van der Waals surface area contributed by atoms with Crippen LogP contribution >= 0.6 is 11.6 Å². The van der Waals surface area contributed by atoms with E-state index in [2.05, 4.69) is 10.1 Å². The van der Waals surface area contributed by atoms with Crippen molar-refractivity contribution in [1.82, 2.24) is 5.32 Å². The second kappa shape index (κ2) is 7.66. The first kappa shape index (κ1) is 17.6. The lowest BCUT2D eigenvalue weighted by atomic mass is 10.2. The zero-order valence-corrected chi connectivity index (χ0v) is 12.7. The predicted octanol–water partition coefficient (Wildman–Crippen LogP) is 4.71. The zero-order chi connectivity index (χ0) is 16.9. The van der Waals surface area contributed by atoms with Crippen LogP contribution in [0.4, 0.5) is 17.6 Å². The molecule has 0 saturated carbocycles. The molecule has 2 aromatic carbocycles. The van der Waals surface area contributed by atoms with Gasteiger partial charge in [-0.3, -0.25) is 0 Å². The molecule has 0 atom stereocenters. The fourth-order valence-corrected chi connectivity index (χ4v) is 2.17. The summed E-state index contributed by atoms with van der Waals surface area (Å²) in [6, 6.07) is 10.7. The van der Waals surface area contributed by atoms with Crippen LogP contribution in [0.3, 0.4) is 0 Å². The van der Waals surface area contributed by atoms with E-state index >= 15 is 0 Å². The smallest absolute Gasteiger partial charge is 0.422 e. The van der Waals surface area contributed by atoms with Gasteiger partial charge in [-0.15, -0.1) is 0 Å². The van der Waals surface area contributed by atoms with E-state index in [4.69, 9.17) is 11.6 Å². The van der Waals surface area contributed by atoms with E-state index in [0.717, 1.165) is 5.56 Å². The minimum atomic E-state index is -4.38. The maximum atomic E-state index is 13.6. The average Bonchev–Trinajstić information content (AvgIpc) is 2.48. The van der Waals surface area contributed by atoms with Gasteiger partial charge in [0.05, 0.1) is 0 Å². The van der Waals surface area contributed by atoms with Crippen LogP contribution < -0.4 is 10.1 Å². The summed E-state index contributed by atoms with van der Waals surface area (Å²) in [6.07, 6.45) is -4.38. The molecule has 0 heterocycles. The van der Waals surface area contributed by atoms with Gasteiger partial charge in [-0.1, -0.05) is 29.8 Å². The van der Waals surface area contributed by atoms with E-state index in [1.54, 1.807) is 18.2 Å². The van der Waals surface area contributed by atoms with Crippen molar-refractivity contribution < 1.29 is 22.3 Å². The number of nitrogens with one attached hydrogen (secondary N) is 1. The molecular weight excluding hydrogens is 334 g/mol. The van der Waals surface area contributed by atoms with Gasteiger partial charge in [-0.25, -0.2) is 4.39 Å². The summed E-state index contributed by atoms with van der Waals surface area (Å²) >= 11 is 5.91. The Morgan fingerprint density at radius 3 is 2.48 bits per heavy atom. The molecule has 124 valence electrons. The Morgan fingerprint density at radius 1 is 1.04 bits per heavy atom. The largest absolute Gasteiger partial charge is 0.484 e. The Balaban J connectivity index is 1.91. The average molecular weight is 348 g/mol. The van der Waals surface area contributed by atoms with Crippen LogP contribution in [0.5, 0.6) is 5.75 Å². The van der Waals surface area contributed by atoms with Crippen molar-refractivity contribution in [2.45, 2.75) is 19.3 Å². The highest BCUT2D eigenvalue weighted by atomic mass is 35.5. The molecule has 2 rings (SSSR count). The minimum absolute atomic E-state index is 0.130. The van der Waals surface area contributed by atoms with E-state index < -0.39 is 18.6 Å². The van der Waals surface area contributed by atoms with E-state index in [-0.39, 0.29) is 12.3 Å². The minimum Gasteiger partial charge on any atom is -0.484 e. The molecule has 0 aliphatic rings. The fraction of sp³-hybridized carbons (Fsp3) is 0.250. The van der Waals surface area contributed by atoms with Crippen molar-refractivity contribution in [2.24, 2.45) is 0 Å². The van der Waals surface area contributed by atoms with E-state index in [0.29, 0.717) is 17.1 Å². The van der Waals surface area contributed by atoms with E-state index in [1.165, 1.54) is 24.3 Å². The molecular formula is C16H14ClF4NO. The lowest BCUT2D eigenvalue weighted by Crippen LogP contribution is -2.19. The van der Waals surface area contributed by atoms with Gasteiger partial charge in [0.25, 0.3) is 0 Å². The third kappa shape index (κ3) is 5.73. The molecule has 0 unspecified atom stereocenters. The quantitative estimate of drug-likeness (QED) is 0.764. The van der Waals surface area contributed by atoms with Crippen molar-refractivity contribution in [3.05, 3.63) is 64.4 Å². The van der Waals surface area contributed by atoms with Gasteiger partial charge in [0.1, 0.15) is 11.6 Å². The number of alkyl halides is 3. The van der Waals surface area contributed by atoms with Crippen LogP contribution in [0.2, 0.25) is 5.02 Å². The van der Waals surface area contributed by atoms with Crippen LogP contribution in [0.15, 0.2) is 42.5 Å². The first-order valence-electron chi connectivity index (χ1n) is 6.77. The number of hydrogen-bond donors (Lipinski definition) is 1. The molecule has 0 radical (unpaired) electrons. The summed E-state index contributed by atoms with van der Waals surface area (Å²) in [4.78, 5) is 0. The zero-order valence-electron chi connectivity index (χ0n) is 12.0. The van der Waals surface area contributed by atoms with E-state index in [1.807, 2.05) is 0 Å². The molecule has 0 bridgehead atoms. The molecule has 0 spiro atoms. The summed E-state index contributed by atoms with van der Waals surface area (Å²) in [6.45, 7) is -0.790. The number of benzene rings is 2. The molecule has 7 heteroatoms. The van der Waals surface area contributed by atoms with Gasteiger partial charge < -0.3 is 10.1 Å². The van der Waals surface area contributed by atoms with Gasteiger partial charge in [-0.2, -0.15) is 13.2 Å². The molecule has 0 aliphatic heterocycles. The molecule has 23 heavy (non-hydrogen) atoms. The Hall–Kier alpha value is -1.79. The normalized spacial score (nSPS) is 11.5. The summed E-state index contributed by atoms with van der Waals surface area (Å²) in [5.74, 6) is -0.280. The highest BCUT2D eigenvalue weighted by Crippen LogP contribution is 2.20. The van der Waals surface area contributed by atoms with Gasteiger partial charge in [0.15, 0.2) is 6.61 Å². The fourth-order valence-electron chi connectivity index (χ4n) is 1.94. The SMILES string of the molecule is Fc1cccc(Cl)c1CNCc1cccc(OCC(F)(F)F)c1. The second-order valence-electron chi connectivity index (χ2n) is 4.86. The van der Waals surface area contributed by atoms with Crippen LogP contribution in [0.1, 0.15) is 11.1 Å². The van der Waals surface area contributed by atoms with Gasteiger partial charge in [0, 0.05) is 23.7 Å². The monoisotopic (exact) mass is 347 g/mol. The van der Waals surface area contributed by atoms with Gasteiger partial charge in [-0.05, 0) is 29.8 Å². The maximum Gasteiger partial charge on any atom is 0.422 e. The lowest BCUT2D eigenvalue weighted by molar-refractivity contribution is -0.153. The standard InChI is InChI=1S/C16H14ClF4NO/c17-14-5-2-6-15(18)13(14)9-22-8-11-3-1-4-12(7-11)23-10-16(19,20)21/h1-7,22H,8-10H2. The Bertz CT molecular complexity index is 641. The van der Waals surface area contributed by atoms with Crippen molar-refractivity contribution in [3.8, 4) is 5.75 Å². The van der Waals surface area contributed by atoms with Crippen molar-refractivity contribution in [2.75, 3.05) is 6.61 Å². The first-order chi connectivity index (χ1) is 10.8. The predicted molar refractivity (Wildman–Crippen MR) is 79.9 cm³/mol. The molecule has 1 N–H and O–H groups in total. The molecule has 2 aromatic rings. The summed E-state index contributed by atoms with van der Waals surface area (Å²) in [5, 5.41) is 3.32. The maximum absolute atomic E-state index is 13.6. The summed E-state index contributed by atoms with van der Waals surface area (Å²) < 4.78 is 54.6. The number of ether oxygens (including phenoxy) is 1. The van der Waals surface area contributed by atoms with Crippen LogP contribution in [0.25, 0.3) is 0 Å². The summed E-state index contributed by atoms with van der Waals surface area (Å²) in [7, 11) is 0. The van der Waals surface area contributed by atoms with Crippen LogP contribution in [0, 0.1) is 5.82 Å². The molecule has 0 saturated heterocycles. The highest BCUT2D eigenvalue weighted by Gasteiger charge is 2.28. The highest BCUT2D eigenvalue weighted by molar-refractivity contribution is 6.31. The third-order valence-electron chi connectivity index (χ3n) is 2.99. The number of halogens is 5. The van der Waals surface area contributed by atoms with Crippen molar-refractivity contribution in [1.29, 1.82) is 0 Å². The first-order valence-corrected chi connectivity index (χ1v) is 7.15. The van der Waals surface area contributed by atoms with Gasteiger partial charge >= 0.3 is 6.18 Å². The Kier molecular flexibility index (Phi) is 5.85. The topological polar surface area (TPSA) is 21.3 Å². The number of hydrogen-bond acceptors (Lipinski definition) is 2. The van der Waals surface area contributed by atoms with Gasteiger partial charge in [0.2, 0.25) is 0 Å². The number of rotatable bonds is 6. The van der Waals surface area contributed by atoms with Crippen LogP contribution in [-0.4, -0.2) is 12.8 Å².